The highest BCUT2D eigenvalue weighted by Gasteiger charge is 2.27. The number of carbonyl (C=O) groups excluding carboxylic acids is 1. The van der Waals surface area contributed by atoms with Crippen LogP contribution in [0.25, 0.3) is 5.69 Å². The molecule has 1 fully saturated rings. The number of benzene rings is 2. The fraction of sp³-hybridized carbons (Fsp3) is 0.238. The Morgan fingerprint density at radius 1 is 1.07 bits per heavy atom. The van der Waals surface area contributed by atoms with E-state index in [1.165, 1.54) is 24.4 Å². The summed E-state index contributed by atoms with van der Waals surface area (Å²) in [5, 5.41) is 10.1. The van der Waals surface area contributed by atoms with Crippen molar-refractivity contribution in [3.05, 3.63) is 77.4 Å². The van der Waals surface area contributed by atoms with Crippen LogP contribution in [0, 0.1) is 17.5 Å². The molecule has 0 bridgehead atoms. The zero-order chi connectivity index (χ0) is 20.4. The zero-order valence-electron chi connectivity index (χ0n) is 15.9. The first kappa shape index (κ1) is 21.9. The Balaban J connectivity index is 0.00000256. The summed E-state index contributed by atoms with van der Waals surface area (Å²) in [6.45, 7) is 1.57. The van der Waals surface area contributed by atoms with E-state index in [4.69, 9.17) is 0 Å². The summed E-state index contributed by atoms with van der Waals surface area (Å²) in [6, 6.07) is 8.92. The van der Waals surface area contributed by atoms with Crippen molar-refractivity contribution < 1.29 is 18.0 Å². The van der Waals surface area contributed by atoms with Gasteiger partial charge in [0.2, 0.25) is 0 Å². The monoisotopic (exact) mass is 436 g/mol. The molecule has 1 aliphatic rings. The van der Waals surface area contributed by atoms with E-state index < -0.39 is 23.4 Å². The molecule has 30 heavy (non-hydrogen) atoms. The molecule has 3 aromatic rings. The molecule has 1 aliphatic heterocycles. The zero-order valence-corrected chi connectivity index (χ0v) is 16.7. The largest absolute Gasteiger partial charge is 0.319 e. The number of hydrogen-bond acceptors (Lipinski definition) is 3. The van der Waals surface area contributed by atoms with Crippen LogP contribution < -0.4 is 10.6 Å². The Hall–Kier alpha value is -2.84. The second-order valence-electron chi connectivity index (χ2n) is 6.94. The molecule has 0 aliphatic carbocycles. The van der Waals surface area contributed by atoms with Gasteiger partial charge in [-0.25, -0.2) is 17.9 Å². The topological polar surface area (TPSA) is 59.0 Å². The summed E-state index contributed by atoms with van der Waals surface area (Å²) >= 11 is 0. The van der Waals surface area contributed by atoms with E-state index in [0.29, 0.717) is 17.4 Å². The lowest BCUT2D eigenvalue weighted by atomic mass is 9.91. The number of nitrogens with zero attached hydrogens (tertiary/aromatic N) is 2. The number of anilines is 1. The molecule has 5 nitrogen and oxygen atoms in total. The van der Waals surface area contributed by atoms with Crippen LogP contribution in [0.2, 0.25) is 0 Å². The van der Waals surface area contributed by atoms with Gasteiger partial charge >= 0.3 is 0 Å². The lowest BCUT2D eigenvalue weighted by Gasteiger charge is -2.24. The van der Waals surface area contributed by atoms with Gasteiger partial charge in [0.15, 0.2) is 0 Å². The molecule has 158 valence electrons. The highest BCUT2D eigenvalue weighted by Crippen LogP contribution is 2.31. The average molecular weight is 437 g/mol. The van der Waals surface area contributed by atoms with E-state index in [2.05, 4.69) is 15.7 Å². The third kappa shape index (κ3) is 4.49. The maximum Gasteiger partial charge on any atom is 0.259 e. The first-order valence-corrected chi connectivity index (χ1v) is 9.34. The summed E-state index contributed by atoms with van der Waals surface area (Å²) < 4.78 is 42.4. The second-order valence-corrected chi connectivity index (χ2v) is 6.94. The van der Waals surface area contributed by atoms with Gasteiger partial charge in [0.1, 0.15) is 17.5 Å². The third-order valence-corrected chi connectivity index (χ3v) is 5.01. The molecule has 0 atom stereocenters. The molecule has 4 rings (SSSR count). The van der Waals surface area contributed by atoms with Crippen LogP contribution in [-0.4, -0.2) is 28.8 Å². The van der Waals surface area contributed by atoms with E-state index in [1.807, 2.05) is 0 Å². The Morgan fingerprint density at radius 3 is 2.50 bits per heavy atom. The Morgan fingerprint density at radius 2 is 1.80 bits per heavy atom. The molecule has 2 N–H and O–H groups in total. The van der Waals surface area contributed by atoms with E-state index in [0.717, 1.165) is 32.0 Å². The molecule has 0 saturated carbocycles. The van der Waals surface area contributed by atoms with Crippen LogP contribution in [0.15, 0.2) is 48.7 Å². The maximum atomic E-state index is 14.0. The predicted octanol–water partition coefficient (Wildman–Crippen LogP) is 4.43. The van der Waals surface area contributed by atoms with Gasteiger partial charge in [-0.1, -0.05) is 6.07 Å². The number of halogens is 4. The normalized spacial score (nSPS) is 14.2. The van der Waals surface area contributed by atoms with Crippen molar-refractivity contribution in [1.82, 2.24) is 15.1 Å². The SMILES string of the molecule is Cl.O=C(Nc1ccc(F)cc1F)c1cnn(-c2cccc(F)c2)c1C1CCNCC1. The Labute approximate surface area is 177 Å². The van der Waals surface area contributed by atoms with Gasteiger partial charge in [-0.15, -0.1) is 12.4 Å². The number of piperidine rings is 1. The van der Waals surface area contributed by atoms with Crippen LogP contribution in [0.5, 0.6) is 0 Å². The van der Waals surface area contributed by atoms with Gasteiger partial charge < -0.3 is 10.6 Å². The number of amides is 1. The van der Waals surface area contributed by atoms with Crippen LogP contribution in [0.3, 0.4) is 0 Å². The fourth-order valence-corrected chi connectivity index (χ4v) is 3.62. The van der Waals surface area contributed by atoms with E-state index in [-0.39, 0.29) is 29.6 Å². The minimum absolute atomic E-state index is 0. The molecule has 2 aromatic carbocycles. The smallest absolute Gasteiger partial charge is 0.259 e. The molecular formula is C21H20ClF3N4O. The molecule has 9 heteroatoms. The average Bonchev–Trinajstić information content (AvgIpc) is 3.16. The van der Waals surface area contributed by atoms with Crippen molar-refractivity contribution in [3.8, 4) is 5.69 Å². The highest BCUT2D eigenvalue weighted by atomic mass is 35.5. The van der Waals surface area contributed by atoms with Gasteiger partial charge in [-0.05, 0) is 56.3 Å². The summed E-state index contributed by atoms with van der Waals surface area (Å²) in [7, 11) is 0. The number of hydrogen-bond donors (Lipinski definition) is 2. The molecular weight excluding hydrogens is 417 g/mol. The van der Waals surface area contributed by atoms with Crippen molar-refractivity contribution in [2.45, 2.75) is 18.8 Å². The molecule has 0 radical (unpaired) electrons. The standard InChI is InChI=1S/C21H19F3N4O.ClH/c22-14-2-1-3-16(10-14)28-20(13-6-8-25-9-7-13)17(12-26-28)21(29)27-19-5-4-15(23)11-18(19)24;/h1-5,10-13,25H,6-9H2,(H,27,29);1H. The lowest BCUT2D eigenvalue weighted by molar-refractivity contribution is 0.102. The Bertz CT molecular complexity index is 1050. The predicted molar refractivity (Wildman–Crippen MR) is 110 cm³/mol. The van der Waals surface area contributed by atoms with Gasteiger partial charge in [0, 0.05) is 12.0 Å². The number of carbonyl (C=O) groups is 1. The quantitative estimate of drug-likeness (QED) is 0.636. The summed E-state index contributed by atoms with van der Waals surface area (Å²) in [6.07, 6.45) is 2.97. The van der Waals surface area contributed by atoms with Crippen LogP contribution >= 0.6 is 12.4 Å². The maximum absolute atomic E-state index is 14.0. The first-order valence-electron chi connectivity index (χ1n) is 9.34. The van der Waals surface area contributed by atoms with Gasteiger partial charge in [0.05, 0.1) is 28.8 Å². The van der Waals surface area contributed by atoms with Crippen molar-refractivity contribution in [2.75, 3.05) is 18.4 Å². The summed E-state index contributed by atoms with van der Waals surface area (Å²) in [4.78, 5) is 12.9. The van der Waals surface area contributed by atoms with Gasteiger partial charge in [-0.3, -0.25) is 4.79 Å². The molecule has 2 heterocycles. The van der Waals surface area contributed by atoms with E-state index >= 15 is 0 Å². The highest BCUT2D eigenvalue weighted by molar-refractivity contribution is 6.05. The molecule has 0 unspecified atom stereocenters. The lowest BCUT2D eigenvalue weighted by Crippen LogP contribution is -2.29. The van der Waals surface area contributed by atoms with Crippen molar-refractivity contribution in [2.24, 2.45) is 0 Å². The summed E-state index contributed by atoms with van der Waals surface area (Å²) in [5.74, 6) is -2.52. The molecule has 1 amide bonds. The first-order chi connectivity index (χ1) is 14.0. The molecule has 0 spiro atoms. The van der Waals surface area contributed by atoms with Crippen LogP contribution in [0.4, 0.5) is 18.9 Å². The van der Waals surface area contributed by atoms with Crippen molar-refractivity contribution in [1.29, 1.82) is 0 Å². The van der Waals surface area contributed by atoms with Crippen LogP contribution in [0.1, 0.15) is 34.8 Å². The minimum atomic E-state index is -0.862. The third-order valence-electron chi connectivity index (χ3n) is 5.01. The van der Waals surface area contributed by atoms with Crippen molar-refractivity contribution >= 4 is 24.0 Å². The van der Waals surface area contributed by atoms with Crippen molar-refractivity contribution in [3.63, 3.8) is 0 Å². The number of nitrogens with one attached hydrogen (secondary N) is 2. The second kappa shape index (κ2) is 9.32. The number of rotatable bonds is 4. The van der Waals surface area contributed by atoms with Crippen LogP contribution in [-0.2, 0) is 0 Å². The van der Waals surface area contributed by atoms with E-state index in [1.54, 1.807) is 16.8 Å². The Kier molecular flexibility index (Phi) is 6.79. The fourth-order valence-electron chi connectivity index (χ4n) is 3.62. The molecule has 1 aromatic heterocycles. The minimum Gasteiger partial charge on any atom is -0.319 e. The summed E-state index contributed by atoms with van der Waals surface area (Å²) in [5.41, 5.74) is 1.32. The van der Waals surface area contributed by atoms with E-state index in [9.17, 15) is 18.0 Å². The van der Waals surface area contributed by atoms with Gasteiger partial charge in [0.25, 0.3) is 5.91 Å². The molecule has 1 saturated heterocycles. The van der Waals surface area contributed by atoms with Gasteiger partial charge in [-0.2, -0.15) is 5.10 Å². The number of aromatic nitrogens is 2.